The molecular formula is C11H23NO2. The summed E-state index contributed by atoms with van der Waals surface area (Å²) in [5.41, 5.74) is -1.02. The van der Waals surface area contributed by atoms with Crippen LogP contribution in [-0.2, 0) is 0 Å². The van der Waals surface area contributed by atoms with E-state index in [1.165, 1.54) is 6.42 Å². The van der Waals surface area contributed by atoms with Crippen LogP contribution in [0.2, 0.25) is 0 Å². The molecule has 3 heteroatoms. The Bertz CT molecular complexity index is 177. The van der Waals surface area contributed by atoms with Crippen molar-refractivity contribution < 1.29 is 10.2 Å². The molecular weight excluding hydrogens is 178 g/mol. The van der Waals surface area contributed by atoms with Gasteiger partial charge in [-0.2, -0.15) is 0 Å². The average Bonchev–Trinajstić information content (AvgIpc) is 2.27. The van der Waals surface area contributed by atoms with Crippen LogP contribution in [0.15, 0.2) is 0 Å². The first-order chi connectivity index (χ1) is 6.41. The monoisotopic (exact) mass is 201 g/mol. The van der Waals surface area contributed by atoms with Crippen LogP contribution < -0.4 is 0 Å². The van der Waals surface area contributed by atoms with Crippen molar-refractivity contribution in [1.29, 1.82) is 0 Å². The summed E-state index contributed by atoms with van der Waals surface area (Å²) in [6.07, 6.45) is 2.74. The summed E-state index contributed by atoms with van der Waals surface area (Å²) in [5, 5.41) is 19.6. The quantitative estimate of drug-likeness (QED) is 0.705. The zero-order valence-electron chi connectivity index (χ0n) is 9.53. The maximum absolute atomic E-state index is 9.90. The number of aliphatic hydroxyl groups excluding tert-OH is 1. The fraction of sp³-hybridized carbons (Fsp3) is 1.00. The Labute approximate surface area is 86.7 Å². The van der Waals surface area contributed by atoms with E-state index in [-0.39, 0.29) is 0 Å². The van der Waals surface area contributed by atoms with E-state index in [4.69, 9.17) is 0 Å². The second-order valence-corrected chi connectivity index (χ2v) is 5.10. The van der Waals surface area contributed by atoms with E-state index in [1.54, 1.807) is 13.8 Å². The van der Waals surface area contributed by atoms with Gasteiger partial charge in [0.05, 0.1) is 5.60 Å². The third-order valence-corrected chi connectivity index (χ3v) is 3.03. The van der Waals surface area contributed by atoms with Gasteiger partial charge in [0.1, 0.15) is 6.23 Å². The lowest BCUT2D eigenvalue weighted by Crippen LogP contribution is -2.49. The smallest absolute Gasteiger partial charge is 0.135 e. The lowest BCUT2D eigenvalue weighted by atomic mass is 10.0. The predicted molar refractivity (Wildman–Crippen MR) is 56.9 cm³/mol. The normalized spacial score (nSPS) is 28.5. The van der Waals surface area contributed by atoms with Crippen molar-refractivity contribution in [3.05, 3.63) is 0 Å². The molecule has 1 fully saturated rings. The third kappa shape index (κ3) is 3.23. The van der Waals surface area contributed by atoms with Crippen LogP contribution in [0, 0.1) is 5.92 Å². The molecule has 3 nitrogen and oxygen atoms in total. The Kier molecular flexibility index (Phi) is 3.93. The summed E-state index contributed by atoms with van der Waals surface area (Å²) in [7, 11) is 0. The van der Waals surface area contributed by atoms with Gasteiger partial charge in [-0.05, 0) is 39.0 Å². The fourth-order valence-corrected chi connectivity index (χ4v) is 1.98. The van der Waals surface area contributed by atoms with Crippen molar-refractivity contribution in [1.82, 2.24) is 4.90 Å². The molecule has 0 aliphatic carbocycles. The molecule has 1 rings (SSSR count). The summed E-state index contributed by atoms with van der Waals surface area (Å²) >= 11 is 0. The molecule has 0 amide bonds. The summed E-state index contributed by atoms with van der Waals surface area (Å²) in [5.74, 6) is 0.744. The minimum atomic E-state index is -1.02. The first-order valence-electron chi connectivity index (χ1n) is 5.55. The number of hydrogen-bond acceptors (Lipinski definition) is 3. The van der Waals surface area contributed by atoms with E-state index in [9.17, 15) is 10.2 Å². The van der Waals surface area contributed by atoms with Gasteiger partial charge in [-0.15, -0.1) is 0 Å². The van der Waals surface area contributed by atoms with Gasteiger partial charge in [-0.1, -0.05) is 6.92 Å². The summed E-state index contributed by atoms with van der Waals surface area (Å²) < 4.78 is 0. The fourth-order valence-electron chi connectivity index (χ4n) is 1.98. The minimum absolute atomic E-state index is 0.729. The topological polar surface area (TPSA) is 43.7 Å². The van der Waals surface area contributed by atoms with Crippen LogP contribution >= 0.6 is 0 Å². The highest BCUT2D eigenvalue weighted by Gasteiger charge is 2.31. The van der Waals surface area contributed by atoms with Crippen LogP contribution in [0.3, 0.4) is 0 Å². The number of likely N-dealkylation sites (tertiary alicyclic amines) is 1. The van der Waals surface area contributed by atoms with Gasteiger partial charge in [-0.25, -0.2) is 0 Å². The van der Waals surface area contributed by atoms with E-state index in [0.717, 1.165) is 31.8 Å². The van der Waals surface area contributed by atoms with Crippen molar-refractivity contribution in [2.45, 2.75) is 51.9 Å². The van der Waals surface area contributed by atoms with Crippen LogP contribution in [-0.4, -0.2) is 40.0 Å². The first kappa shape index (κ1) is 12.0. The van der Waals surface area contributed by atoms with Gasteiger partial charge in [0.25, 0.3) is 0 Å². The highest BCUT2D eigenvalue weighted by Crippen LogP contribution is 2.21. The van der Waals surface area contributed by atoms with Crippen LogP contribution in [0.25, 0.3) is 0 Å². The molecule has 0 aromatic carbocycles. The maximum Gasteiger partial charge on any atom is 0.135 e. The molecule has 0 bridgehead atoms. The molecule has 1 heterocycles. The Morgan fingerprint density at radius 1 is 1.29 bits per heavy atom. The number of rotatable bonds is 2. The molecule has 0 saturated carbocycles. The molecule has 1 saturated heterocycles. The molecule has 0 aromatic heterocycles. The van der Waals surface area contributed by atoms with Crippen molar-refractivity contribution in [3.8, 4) is 0 Å². The zero-order chi connectivity index (χ0) is 10.8. The Morgan fingerprint density at radius 3 is 2.50 bits per heavy atom. The lowest BCUT2D eigenvalue weighted by molar-refractivity contribution is -0.130. The van der Waals surface area contributed by atoms with Crippen molar-refractivity contribution in [2.24, 2.45) is 5.92 Å². The molecule has 2 unspecified atom stereocenters. The predicted octanol–water partition coefficient (Wildman–Crippen LogP) is 1.20. The highest BCUT2D eigenvalue weighted by atomic mass is 16.4. The van der Waals surface area contributed by atoms with Crippen LogP contribution in [0.4, 0.5) is 0 Å². The van der Waals surface area contributed by atoms with Gasteiger partial charge in [0, 0.05) is 13.1 Å². The molecule has 1 aliphatic heterocycles. The largest absolute Gasteiger partial charge is 0.386 e. The number of aliphatic hydroxyl groups is 2. The van der Waals surface area contributed by atoms with E-state index in [0.29, 0.717) is 0 Å². The van der Waals surface area contributed by atoms with Gasteiger partial charge < -0.3 is 10.2 Å². The highest BCUT2D eigenvalue weighted by molar-refractivity contribution is 4.79. The Balaban J connectivity index is 2.51. The Hall–Kier alpha value is -0.120. The van der Waals surface area contributed by atoms with Gasteiger partial charge in [0.2, 0.25) is 0 Å². The van der Waals surface area contributed by atoms with Crippen LogP contribution in [0.1, 0.15) is 40.0 Å². The molecule has 2 atom stereocenters. The average molecular weight is 201 g/mol. The summed E-state index contributed by atoms with van der Waals surface area (Å²) in [6.45, 7) is 7.36. The van der Waals surface area contributed by atoms with Gasteiger partial charge >= 0.3 is 0 Å². The third-order valence-electron chi connectivity index (χ3n) is 3.03. The van der Waals surface area contributed by atoms with Crippen molar-refractivity contribution in [3.63, 3.8) is 0 Å². The summed E-state index contributed by atoms with van der Waals surface area (Å²) in [6, 6.07) is 0. The molecule has 14 heavy (non-hydrogen) atoms. The van der Waals surface area contributed by atoms with Crippen molar-refractivity contribution >= 4 is 0 Å². The van der Waals surface area contributed by atoms with E-state index in [1.807, 2.05) is 4.90 Å². The molecule has 0 radical (unpaired) electrons. The van der Waals surface area contributed by atoms with Crippen molar-refractivity contribution in [2.75, 3.05) is 13.1 Å². The molecule has 0 spiro atoms. The molecule has 0 aromatic rings. The van der Waals surface area contributed by atoms with E-state index >= 15 is 0 Å². The Morgan fingerprint density at radius 2 is 1.93 bits per heavy atom. The van der Waals surface area contributed by atoms with Gasteiger partial charge in [0.15, 0.2) is 0 Å². The lowest BCUT2D eigenvalue weighted by Gasteiger charge is -2.34. The number of hydrogen-bond donors (Lipinski definition) is 2. The molecule has 1 aliphatic rings. The molecule has 84 valence electrons. The second-order valence-electron chi connectivity index (χ2n) is 5.10. The minimum Gasteiger partial charge on any atom is -0.386 e. The number of nitrogens with zero attached hydrogens (tertiary/aromatic N) is 1. The van der Waals surface area contributed by atoms with E-state index in [2.05, 4.69) is 6.92 Å². The zero-order valence-corrected chi connectivity index (χ0v) is 9.53. The standard InChI is InChI=1S/C11H23NO2/c1-9-5-4-7-12(8-6-9)10(13)11(2,3)14/h9-10,13-14H,4-8H2,1-3H3. The SMILES string of the molecule is CC1CCCN(C(O)C(C)(C)O)CC1. The van der Waals surface area contributed by atoms with Crippen LogP contribution in [0.5, 0.6) is 0 Å². The van der Waals surface area contributed by atoms with E-state index < -0.39 is 11.8 Å². The second kappa shape index (κ2) is 4.60. The maximum atomic E-state index is 9.90. The first-order valence-corrected chi connectivity index (χ1v) is 5.55. The summed E-state index contributed by atoms with van der Waals surface area (Å²) in [4.78, 5) is 1.99. The molecule has 2 N–H and O–H groups in total. The van der Waals surface area contributed by atoms with Gasteiger partial charge in [-0.3, -0.25) is 4.90 Å².